The van der Waals surface area contributed by atoms with E-state index in [1.807, 2.05) is 37.3 Å². The van der Waals surface area contributed by atoms with Gasteiger partial charge in [0.15, 0.2) is 5.82 Å². The molecule has 1 aromatic carbocycles. The van der Waals surface area contributed by atoms with Crippen molar-refractivity contribution in [3.05, 3.63) is 47.7 Å². The summed E-state index contributed by atoms with van der Waals surface area (Å²) in [6.45, 7) is 4.24. The summed E-state index contributed by atoms with van der Waals surface area (Å²) in [6.07, 6.45) is 5.83. The summed E-state index contributed by atoms with van der Waals surface area (Å²) in [5.41, 5.74) is 0.778. The lowest BCUT2D eigenvalue weighted by Crippen LogP contribution is -2.46. The molecule has 3 rings (SSSR count). The SMILES string of the molecule is CCCCN(C(=O)CCC(=O)Nc1cc(C)on1)C(C(=O)NC1CCCC1)c1ccccc1. The zero-order valence-electron chi connectivity index (χ0n) is 19.5. The van der Waals surface area contributed by atoms with Crippen molar-refractivity contribution in [3.63, 3.8) is 0 Å². The molecule has 1 atom stereocenters. The fourth-order valence-electron chi connectivity index (χ4n) is 4.18. The van der Waals surface area contributed by atoms with Crippen LogP contribution in [0.15, 0.2) is 40.9 Å². The Hall–Kier alpha value is -3.16. The Balaban J connectivity index is 1.72. The van der Waals surface area contributed by atoms with E-state index in [1.54, 1.807) is 17.9 Å². The predicted octanol–water partition coefficient (Wildman–Crippen LogP) is 4.13. The van der Waals surface area contributed by atoms with E-state index in [2.05, 4.69) is 15.8 Å². The molecule has 0 saturated heterocycles. The van der Waals surface area contributed by atoms with Gasteiger partial charge in [0.1, 0.15) is 11.8 Å². The molecule has 1 fully saturated rings. The molecule has 8 nitrogen and oxygen atoms in total. The van der Waals surface area contributed by atoms with E-state index < -0.39 is 6.04 Å². The molecule has 3 amide bonds. The minimum absolute atomic E-state index is 0.000873. The molecule has 1 saturated carbocycles. The second-order valence-corrected chi connectivity index (χ2v) is 8.61. The highest BCUT2D eigenvalue weighted by atomic mass is 16.5. The molecule has 1 aliphatic carbocycles. The van der Waals surface area contributed by atoms with Crippen LogP contribution in [0.3, 0.4) is 0 Å². The standard InChI is InChI=1S/C25H34N4O4/c1-3-4-16-29(23(31)15-14-22(30)27-21-17-18(2)33-28-21)24(19-10-6-5-7-11-19)25(32)26-20-12-8-9-13-20/h5-7,10-11,17,20,24H,3-4,8-9,12-16H2,1-2H3,(H,26,32)(H,27,28,30). The van der Waals surface area contributed by atoms with Gasteiger partial charge in [-0.1, -0.05) is 61.7 Å². The maximum atomic E-state index is 13.4. The van der Waals surface area contributed by atoms with Crippen LogP contribution in [0.5, 0.6) is 0 Å². The smallest absolute Gasteiger partial charge is 0.247 e. The average Bonchev–Trinajstić information content (AvgIpc) is 3.47. The number of hydrogen-bond donors (Lipinski definition) is 2. The number of carbonyl (C=O) groups is 3. The summed E-state index contributed by atoms with van der Waals surface area (Å²) in [5.74, 6) is 0.223. The summed E-state index contributed by atoms with van der Waals surface area (Å²) < 4.78 is 4.95. The van der Waals surface area contributed by atoms with E-state index in [-0.39, 0.29) is 36.6 Å². The van der Waals surface area contributed by atoms with Crippen molar-refractivity contribution < 1.29 is 18.9 Å². The van der Waals surface area contributed by atoms with E-state index in [9.17, 15) is 14.4 Å². The van der Waals surface area contributed by atoms with Crippen LogP contribution in [0, 0.1) is 6.92 Å². The molecule has 178 valence electrons. The van der Waals surface area contributed by atoms with E-state index in [0.29, 0.717) is 18.1 Å². The minimum Gasteiger partial charge on any atom is -0.360 e. The zero-order chi connectivity index (χ0) is 23.6. The summed E-state index contributed by atoms with van der Waals surface area (Å²) in [6, 6.07) is 10.5. The van der Waals surface area contributed by atoms with Crippen LogP contribution in [0.25, 0.3) is 0 Å². The van der Waals surface area contributed by atoms with Crippen LogP contribution in [0.2, 0.25) is 0 Å². The molecule has 0 aliphatic heterocycles. The van der Waals surface area contributed by atoms with Crippen molar-refractivity contribution >= 4 is 23.5 Å². The summed E-state index contributed by atoms with van der Waals surface area (Å²) >= 11 is 0. The number of anilines is 1. The molecule has 1 aliphatic rings. The van der Waals surface area contributed by atoms with Gasteiger partial charge in [-0.05, 0) is 31.7 Å². The number of rotatable bonds is 11. The molecule has 1 heterocycles. The van der Waals surface area contributed by atoms with Crippen molar-refractivity contribution in [1.82, 2.24) is 15.4 Å². The number of aryl methyl sites for hydroxylation is 1. The molecule has 2 aromatic rings. The van der Waals surface area contributed by atoms with Gasteiger partial charge >= 0.3 is 0 Å². The number of amides is 3. The van der Waals surface area contributed by atoms with Crippen LogP contribution >= 0.6 is 0 Å². The Morgan fingerprint density at radius 2 is 1.88 bits per heavy atom. The first kappa shape index (κ1) is 24.5. The number of unbranched alkanes of at least 4 members (excludes halogenated alkanes) is 1. The van der Waals surface area contributed by atoms with E-state index in [0.717, 1.165) is 44.1 Å². The normalized spacial score (nSPS) is 14.6. The Labute approximate surface area is 195 Å². The van der Waals surface area contributed by atoms with Gasteiger partial charge in [0, 0.05) is 31.5 Å². The number of carbonyl (C=O) groups excluding carboxylic acids is 3. The molecule has 8 heteroatoms. The van der Waals surface area contributed by atoms with E-state index in [4.69, 9.17) is 4.52 Å². The summed E-state index contributed by atoms with van der Waals surface area (Å²) in [7, 11) is 0. The first-order valence-electron chi connectivity index (χ1n) is 11.9. The lowest BCUT2D eigenvalue weighted by Gasteiger charge is -2.32. The predicted molar refractivity (Wildman–Crippen MR) is 125 cm³/mol. The van der Waals surface area contributed by atoms with Gasteiger partial charge in [-0.15, -0.1) is 0 Å². The Bertz CT molecular complexity index is 921. The first-order valence-corrected chi connectivity index (χ1v) is 11.9. The van der Waals surface area contributed by atoms with Gasteiger partial charge < -0.3 is 20.1 Å². The topological polar surface area (TPSA) is 105 Å². The third kappa shape index (κ3) is 7.17. The van der Waals surface area contributed by atoms with Gasteiger partial charge in [0.25, 0.3) is 0 Å². The van der Waals surface area contributed by atoms with Gasteiger partial charge in [0.05, 0.1) is 0 Å². The number of nitrogens with one attached hydrogen (secondary N) is 2. The number of nitrogens with zero attached hydrogens (tertiary/aromatic N) is 2. The molecule has 1 aromatic heterocycles. The lowest BCUT2D eigenvalue weighted by atomic mass is 10.0. The van der Waals surface area contributed by atoms with E-state index in [1.165, 1.54) is 0 Å². The number of hydrogen-bond acceptors (Lipinski definition) is 5. The monoisotopic (exact) mass is 454 g/mol. The van der Waals surface area contributed by atoms with Crippen LogP contribution in [0.1, 0.15) is 75.7 Å². The largest absolute Gasteiger partial charge is 0.360 e. The average molecular weight is 455 g/mol. The molecule has 0 bridgehead atoms. The second kappa shape index (κ2) is 12.2. The van der Waals surface area contributed by atoms with Crippen LogP contribution < -0.4 is 10.6 Å². The van der Waals surface area contributed by atoms with Crippen molar-refractivity contribution in [3.8, 4) is 0 Å². The zero-order valence-corrected chi connectivity index (χ0v) is 19.5. The van der Waals surface area contributed by atoms with Crippen molar-refractivity contribution in [2.75, 3.05) is 11.9 Å². The van der Waals surface area contributed by atoms with Crippen LogP contribution in [-0.4, -0.2) is 40.4 Å². The fraction of sp³-hybridized carbons (Fsp3) is 0.520. The first-order chi connectivity index (χ1) is 16.0. The van der Waals surface area contributed by atoms with Crippen molar-refractivity contribution in [2.45, 2.75) is 77.3 Å². The summed E-state index contributed by atoms with van der Waals surface area (Å²) in [4.78, 5) is 40.6. The number of aromatic nitrogens is 1. The molecule has 1 unspecified atom stereocenters. The van der Waals surface area contributed by atoms with Gasteiger partial charge in [-0.25, -0.2) is 0 Å². The molecule has 33 heavy (non-hydrogen) atoms. The molecular weight excluding hydrogens is 420 g/mol. The molecule has 2 N–H and O–H groups in total. The second-order valence-electron chi connectivity index (χ2n) is 8.61. The van der Waals surface area contributed by atoms with Crippen LogP contribution in [-0.2, 0) is 14.4 Å². The fourth-order valence-corrected chi connectivity index (χ4v) is 4.18. The molecular formula is C25H34N4O4. The minimum atomic E-state index is -0.716. The highest BCUT2D eigenvalue weighted by molar-refractivity contribution is 5.94. The maximum absolute atomic E-state index is 13.4. The van der Waals surface area contributed by atoms with Crippen LogP contribution in [0.4, 0.5) is 5.82 Å². The van der Waals surface area contributed by atoms with E-state index >= 15 is 0 Å². The van der Waals surface area contributed by atoms with Gasteiger partial charge in [-0.2, -0.15) is 0 Å². The van der Waals surface area contributed by atoms with Gasteiger partial charge in [-0.3, -0.25) is 14.4 Å². The van der Waals surface area contributed by atoms with Gasteiger partial charge in [0.2, 0.25) is 17.7 Å². The van der Waals surface area contributed by atoms with Crippen molar-refractivity contribution in [1.29, 1.82) is 0 Å². The summed E-state index contributed by atoms with van der Waals surface area (Å²) in [5, 5.41) is 9.54. The quantitative estimate of drug-likeness (QED) is 0.531. The van der Waals surface area contributed by atoms with Crippen molar-refractivity contribution in [2.24, 2.45) is 0 Å². The number of benzene rings is 1. The molecule has 0 radical (unpaired) electrons. The Morgan fingerprint density at radius 1 is 1.15 bits per heavy atom. The maximum Gasteiger partial charge on any atom is 0.247 e. The highest BCUT2D eigenvalue weighted by Crippen LogP contribution is 2.25. The molecule has 0 spiro atoms. The third-order valence-electron chi connectivity index (χ3n) is 5.91. The Kier molecular flexibility index (Phi) is 9.04. The third-order valence-corrected chi connectivity index (χ3v) is 5.91. The lowest BCUT2D eigenvalue weighted by molar-refractivity contribution is -0.141. The Morgan fingerprint density at radius 3 is 2.52 bits per heavy atom. The highest BCUT2D eigenvalue weighted by Gasteiger charge is 2.32.